The highest BCUT2D eigenvalue weighted by Crippen LogP contribution is 2.20. The highest BCUT2D eigenvalue weighted by Gasteiger charge is 2.26. The van der Waals surface area contributed by atoms with Gasteiger partial charge in [-0.15, -0.1) is 24.0 Å². The van der Waals surface area contributed by atoms with Gasteiger partial charge < -0.3 is 20.2 Å². The molecule has 0 aliphatic heterocycles. The molecule has 1 atom stereocenters. The second kappa shape index (κ2) is 9.70. The van der Waals surface area contributed by atoms with Crippen LogP contribution >= 0.6 is 24.0 Å². The van der Waals surface area contributed by atoms with E-state index in [4.69, 9.17) is 4.42 Å². The van der Waals surface area contributed by atoms with Crippen LogP contribution in [0.5, 0.6) is 0 Å². The SMILES string of the molecule is CCNC(=NCc1cccc2cccnc12)NCC(C)(O)c1ccco1.I. The number of aliphatic hydroxyl groups is 1. The van der Waals surface area contributed by atoms with E-state index in [1.54, 1.807) is 31.5 Å². The zero-order valence-corrected chi connectivity index (χ0v) is 17.8. The van der Waals surface area contributed by atoms with Gasteiger partial charge >= 0.3 is 0 Å². The number of para-hydroxylation sites is 1. The number of aromatic nitrogens is 1. The highest BCUT2D eigenvalue weighted by atomic mass is 127. The fourth-order valence-electron chi connectivity index (χ4n) is 2.73. The molecule has 3 N–H and O–H groups in total. The number of benzene rings is 1. The first-order valence-corrected chi connectivity index (χ1v) is 8.71. The molecular formula is C20H25IN4O2. The van der Waals surface area contributed by atoms with Gasteiger partial charge in [0.1, 0.15) is 11.4 Å². The largest absolute Gasteiger partial charge is 0.466 e. The van der Waals surface area contributed by atoms with Gasteiger partial charge in [-0.1, -0.05) is 24.3 Å². The van der Waals surface area contributed by atoms with Crippen LogP contribution in [0.3, 0.4) is 0 Å². The summed E-state index contributed by atoms with van der Waals surface area (Å²) in [4.78, 5) is 9.09. The van der Waals surface area contributed by atoms with Gasteiger partial charge in [0, 0.05) is 18.1 Å². The van der Waals surface area contributed by atoms with E-state index in [0.29, 0.717) is 18.3 Å². The van der Waals surface area contributed by atoms with Crippen LogP contribution in [0, 0.1) is 0 Å². The molecule has 0 bridgehead atoms. The molecule has 1 unspecified atom stereocenters. The standard InChI is InChI=1S/C20H24N4O2.HI/c1-3-21-19(24-14-20(2,25)17-10-6-12-26-17)23-13-16-8-4-7-15-9-5-11-22-18(15)16;/h4-12,25H,3,13-14H2,1-2H3,(H2,21,23,24);1H. The predicted octanol–water partition coefficient (Wildman–Crippen LogP) is 3.41. The maximum atomic E-state index is 10.6. The Morgan fingerprint density at radius 3 is 2.74 bits per heavy atom. The first-order chi connectivity index (χ1) is 12.6. The fourth-order valence-corrected chi connectivity index (χ4v) is 2.73. The van der Waals surface area contributed by atoms with Crippen LogP contribution in [-0.4, -0.2) is 29.1 Å². The Bertz CT molecular complexity index is 873. The molecule has 2 heterocycles. The number of fused-ring (bicyclic) bond motifs is 1. The van der Waals surface area contributed by atoms with Crippen molar-refractivity contribution >= 4 is 40.8 Å². The molecule has 6 nitrogen and oxygen atoms in total. The predicted molar refractivity (Wildman–Crippen MR) is 118 cm³/mol. The molecule has 0 aliphatic rings. The van der Waals surface area contributed by atoms with Crippen molar-refractivity contribution in [3.05, 3.63) is 66.2 Å². The van der Waals surface area contributed by atoms with E-state index in [1.165, 1.54) is 0 Å². The van der Waals surface area contributed by atoms with Gasteiger partial charge in [-0.05, 0) is 37.6 Å². The van der Waals surface area contributed by atoms with Crippen LogP contribution < -0.4 is 10.6 Å². The quantitative estimate of drug-likeness (QED) is 0.286. The van der Waals surface area contributed by atoms with E-state index in [9.17, 15) is 5.11 Å². The van der Waals surface area contributed by atoms with Crippen LogP contribution in [0.15, 0.2) is 64.3 Å². The molecule has 0 amide bonds. The van der Waals surface area contributed by atoms with Gasteiger partial charge in [0.15, 0.2) is 5.96 Å². The van der Waals surface area contributed by atoms with Crippen molar-refractivity contribution in [3.8, 4) is 0 Å². The van der Waals surface area contributed by atoms with Crippen molar-refractivity contribution in [2.45, 2.75) is 26.0 Å². The molecule has 0 spiro atoms. The molecule has 0 radical (unpaired) electrons. The van der Waals surface area contributed by atoms with E-state index < -0.39 is 5.60 Å². The Morgan fingerprint density at radius 2 is 2.00 bits per heavy atom. The van der Waals surface area contributed by atoms with Gasteiger partial charge in [-0.3, -0.25) is 4.98 Å². The second-order valence-electron chi connectivity index (χ2n) is 6.29. The molecule has 27 heavy (non-hydrogen) atoms. The average Bonchev–Trinajstić information content (AvgIpc) is 3.20. The van der Waals surface area contributed by atoms with Crippen LogP contribution in [0.4, 0.5) is 0 Å². The number of rotatable bonds is 6. The highest BCUT2D eigenvalue weighted by molar-refractivity contribution is 14.0. The van der Waals surface area contributed by atoms with Gasteiger partial charge in [0.2, 0.25) is 0 Å². The molecule has 144 valence electrons. The Labute approximate surface area is 176 Å². The second-order valence-corrected chi connectivity index (χ2v) is 6.29. The van der Waals surface area contributed by atoms with Gasteiger partial charge in [0.05, 0.1) is 24.9 Å². The summed E-state index contributed by atoms with van der Waals surface area (Å²) in [5.41, 5.74) is 0.885. The minimum absolute atomic E-state index is 0. The molecule has 1 aromatic carbocycles. The summed E-state index contributed by atoms with van der Waals surface area (Å²) < 4.78 is 5.31. The van der Waals surface area contributed by atoms with Crippen molar-refractivity contribution in [3.63, 3.8) is 0 Å². The van der Waals surface area contributed by atoms with E-state index in [-0.39, 0.29) is 30.5 Å². The molecule has 2 aromatic heterocycles. The van der Waals surface area contributed by atoms with Gasteiger partial charge in [0.25, 0.3) is 0 Å². The lowest BCUT2D eigenvalue weighted by Crippen LogP contribution is -2.44. The van der Waals surface area contributed by atoms with Crippen LogP contribution in [0.25, 0.3) is 10.9 Å². The topological polar surface area (TPSA) is 82.7 Å². The van der Waals surface area contributed by atoms with E-state index >= 15 is 0 Å². The van der Waals surface area contributed by atoms with Crippen molar-refractivity contribution in [1.82, 2.24) is 15.6 Å². The van der Waals surface area contributed by atoms with Gasteiger partial charge in [-0.25, -0.2) is 4.99 Å². The number of hydrogen-bond donors (Lipinski definition) is 3. The summed E-state index contributed by atoms with van der Waals surface area (Å²) in [5.74, 6) is 1.14. The lowest BCUT2D eigenvalue weighted by Gasteiger charge is -2.22. The first kappa shape index (κ1) is 21.2. The number of pyridine rings is 1. The Kier molecular flexibility index (Phi) is 7.61. The number of guanidine groups is 1. The van der Waals surface area contributed by atoms with Crippen molar-refractivity contribution in [2.24, 2.45) is 4.99 Å². The third-order valence-electron chi connectivity index (χ3n) is 4.12. The summed E-state index contributed by atoms with van der Waals surface area (Å²) in [6.45, 7) is 5.20. The average molecular weight is 480 g/mol. The number of aliphatic imine (C=N–C) groups is 1. The van der Waals surface area contributed by atoms with E-state index in [2.05, 4.69) is 20.6 Å². The third-order valence-corrected chi connectivity index (χ3v) is 4.12. The Morgan fingerprint density at radius 1 is 1.19 bits per heavy atom. The molecule has 0 saturated heterocycles. The van der Waals surface area contributed by atoms with Crippen LogP contribution in [0.2, 0.25) is 0 Å². The first-order valence-electron chi connectivity index (χ1n) is 8.71. The maximum Gasteiger partial charge on any atom is 0.191 e. The van der Waals surface area contributed by atoms with E-state index in [1.807, 2.05) is 37.3 Å². The third kappa shape index (κ3) is 5.43. The molecule has 0 saturated carbocycles. The summed E-state index contributed by atoms with van der Waals surface area (Å²) in [5, 5.41) is 18.0. The number of hydrogen-bond acceptors (Lipinski definition) is 4. The van der Waals surface area contributed by atoms with Crippen LogP contribution in [0.1, 0.15) is 25.2 Å². The Balaban J connectivity index is 0.00000261. The fraction of sp³-hybridized carbons (Fsp3) is 0.300. The normalized spacial score (nSPS) is 13.7. The van der Waals surface area contributed by atoms with Crippen LogP contribution in [-0.2, 0) is 12.1 Å². The minimum atomic E-state index is -1.12. The zero-order valence-electron chi connectivity index (χ0n) is 15.5. The van der Waals surface area contributed by atoms with Crippen molar-refractivity contribution in [1.29, 1.82) is 0 Å². The molecule has 0 fully saturated rings. The van der Waals surface area contributed by atoms with Crippen molar-refractivity contribution in [2.75, 3.05) is 13.1 Å². The number of furan rings is 1. The molecule has 3 rings (SSSR count). The van der Waals surface area contributed by atoms with E-state index in [0.717, 1.165) is 23.0 Å². The number of halogens is 1. The Hall–Kier alpha value is -2.13. The van der Waals surface area contributed by atoms with Crippen molar-refractivity contribution < 1.29 is 9.52 Å². The smallest absolute Gasteiger partial charge is 0.191 e. The molecular weight excluding hydrogens is 455 g/mol. The summed E-state index contributed by atoms with van der Waals surface area (Å²) in [7, 11) is 0. The molecule has 3 aromatic rings. The maximum absolute atomic E-state index is 10.6. The lowest BCUT2D eigenvalue weighted by atomic mass is 10.0. The summed E-state index contributed by atoms with van der Waals surface area (Å²) >= 11 is 0. The lowest BCUT2D eigenvalue weighted by molar-refractivity contribution is 0.0386. The summed E-state index contributed by atoms with van der Waals surface area (Å²) in [6.07, 6.45) is 3.34. The van der Waals surface area contributed by atoms with Gasteiger partial charge in [-0.2, -0.15) is 0 Å². The molecule has 7 heteroatoms. The monoisotopic (exact) mass is 480 g/mol. The zero-order chi connectivity index (χ0) is 18.4. The molecule has 0 aliphatic carbocycles. The minimum Gasteiger partial charge on any atom is -0.466 e. The number of nitrogens with zero attached hydrogens (tertiary/aromatic N) is 2. The summed E-state index contributed by atoms with van der Waals surface area (Å²) in [6, 6.07) is 13.6. The number of nitrogens with one attached hydrogen (secondary N) is 2.